The fourth-order valence-corrected chi connectivity index (χ4v) is 1.85. The molecule has 0 spiro atoms. The minimum atomic E-state index is -0.483. The Morgan fingerprint density at radius 2 is 2.38 bits per heavy atom. The molecule has 0 saturated carbocycles. The standard InChI is InChI=1S/C9H18N2OS/c1-9(12)4-6-11(7-9)5-2-3-8(10)13/h12H,2-7H2,1H3,(H2,10,13). The zero-order valence-corrected chi connectivity index (χ0v) is 8.94. The highest BCUT2D eigenvalue weighted by Crippen LogP contribution is 2.20. The summed E-state index contributed by atoms with van der Waals surface area (Å²) < 4.78 is 0. The van der Waals surface area contributed by atoms with Gasteiger partial charge in [-0.1, -0.05) is 12.2 Å². The van der Waals surface area contributed by atoms with Crippen molar-refractivity contribution in [2.75, 3.05) is 19.6 Å². The molecule has 1 aliphatic heterocycles. The van der Waals surface area contributed by atoms with Crippen molar-refractivity contribution in [2.45, 2.75) is 31.8 Å². The molecular formula is C9H18N2OS. The summed E-state index contributed by atoms with van der Waals surface area (Å²) in [4.78, 5) is 2.85. The first-order valence-corrected chi connectivity index (χ1v) is 5.13. The number of likely N-dealkylation sites (tertiary alicyclic amines) is 1. The molecule has 0 bridgehead atoms. The van der Waals surface area contributed by atoms with E-state index >= 15 is 0 Å². The number of hydrogen-bond donors (Lipinski definition) is 2. The van der Waals surface area contributed by atoms with Gasteiger partial charge >= 0.3 is 0 Å². The third kappa shape index (κ3) is 4.02. The SMILES string of the molecule is CC1(O)CCN(CCCC(N)=S)C1. The average Bonchev–Trinajstić information content (AvgIpc) is 2.29. The van der Waals surface area contributed by atoms with Crippen molar-refractivity contribution in [2.24, 2.45) is 5.73 Å². The molecule has 3 N–H and O–H groups in total. The van der Waals surface area contributed by atoms with E-state index in [1.807, 2.05) is 6.92 Å². The van der Waals surface area contributed by atoms with Crippen molar-refractivity contribution >= 4 is 17.2 Å². The molecule has 1 rings (SSSR count). The molecule has 1 heterocycles. The molecule has 13 heavy (non-hydrogen) atoms. The van der Waals surface area contributed by atoms with Crippen LogP contribution >= 0.6 is 12.2 Å². The quantitative estimate of drug-likeness (QED) is 0.652. The molecule has 0 radical (unpaired) electrons. The lowest BCUT2D eigenvalue weighted by Crippen LogP contribution is -2.30. The number of hydrogen-bond acceptors (Lipinski definition) is 3. The second-order valence-electron chi connectivity index (χ2n) is 4.09. The van der Waals surface area contributed by atoms with Gasteiger partial charge in [-0.05, 0) is 32.7 Å². The van der Waals surface area contributed by atoms with Crippen LogP contribution in [0.3, 0.4) is 0 Å². The molecule has 4 heteroatoms. The Bertz CT molecular complexity index is 194. The van der Waals surface area contributed by atoms with Crippen molar-refractivity contribution in [3.05, 3.63) is 0 Å². The lowest BCUT2D eigenvalue weighted by molar-refractivity contribution is 0.0687. The summed E-state index contributed by atoms with van der Waals surface area (Å²) in [6.45, 7) is 4.66. The lowest BCUT2D eigenvalue weighted by Gasteiger charge is -2.18. The molecule has 1 atom stereocenters. The van der Waals surface area contributed by atoms with E-state index in [9.17, 15) is 5.11 Å². The van der Waals surface area contributed by atoms with Crippen molar-refractivity contribution in [1.29, 1.82) is 0 Å². The van der Waals surface area contributed by atoms with E-state index in [2.05, 4.69) is 4.90 Å². The fraction of sp³-hybridized carbons (Fsp3) is 0.889. The molecular weight excluding hydrogens is 184 g/mol. The number of rotatable bonds is 4. The summed E-state index contributed by atoms with van der Waals surface area (Å²) in [7, 11) is 0. The summed E-state index contributed by atoms with van der Waals surface area (Å²) in [5, 5.41) is 9.68. The van der Waals surface area contributed by atoms with Gasteiger partial charge < -0.3 is 15.7 Å². The highest BCUT2D eigenvalue weighted by molar-refractivity contribution is 7.80. The number of aliphatic hydroxyl groups is 1. The lowest BCUT2D eigenvalue weighted by atomic mass is 10.1. The van der Waals surface area contributed by atoms with Gasteiger partial charge in [-0.3, -0.25) is 0 Å². The maximum atomic E-state index is 9.68. The Kier molecular flexibility index (Phi) is 3.64. The summed E-state index contributed by atoms with van der Waals surface area (Å²) in [6.07, 6.45) is 2.69. The Morgan fingerprint density at radius 3 is 2.85 bits per heavy atom. The van der Waals surface area contributed by atoms with Gasteiger partial charge in [0.1, 0.15) is 0 Å². The Labute approximate surface area is 84.9 Å². The van der Waals surface area contributed by atoms with Crippen LogP contribution in [0.1, 0.15) is 26.2 Å². The first-order chi connectivity index (χ1) is 5.99. The Morgan fingerprint density at radius 1 is 1.69 bits per heavy atom. The number of nitrogens with zero attached hydrogens (tertiary/aromatic N) is 1. The van der Waals surface area contributed by atoms with E-state index in [0.717, 1.165) is 38.9 Å². The number of β-amino-alcohol motifs (C(OH)–C–C–N with tert-alkyl or cyclic N) is 1. The summed E-state index contributed by atoms with van der Waals surface area (Å²) >= 11 is 4.79. The van der Waals surface area contributed by atoms with Crippen LogP contribution in [0.5, 0.6) is 0 Å². The molecule has 1 fully saturated rings. The average molecular weight is 202 g/mol. The van der Waals surface area contributed by atoms with Crippen LogP contribution in [0.4, 0.5) is 0 Å². The number of thiocarbonyl (C=S) groups is 1. The Balaban J connectivity index is 2.14. The van der Waals surface area contributed by atoms with Crippen LogP contribution < -0.4 is 5.73 Å². The van der Waals surface area contributed by atoms with E-state index in [0.29, 0.717) is 4.99 Å². The molecule has 0 amide bonds. The van der Waals surface area contributed by atoms with Gasteiger partial charge in [-0.2, -0.15) is 0 Å². The predicted octanol–water partition coefficient (Wildman–Crippen LogP) is 0.509. The van der Waals surface area contributed by atoms with Crippen LogP contribution in [-0.4, -0.2) is 40.2 Å². The van der Waals surface area contributed by atoms with Crippen LogP contribution in [0.25, 0.3) is 0 Å². The van der Waals surface area contributed by atoms with E-state index in [-0.39, 0.29) is 0 Å². The molecule has 1 saturated heterocycles. The molecule has 3 nitrogen and oxygen atoms in total. The molecule has 76 valence electrons. The van der Waals surface area contributed by atoms with Gasteiger partial charge in [-0.15, -0.1) is 0 Å². The van der Waals surface area contributed by atoms with Crippen LogP contribution in [0, 0.1) is 0 Å². The monoisotopic (exact) mass is 202 g/mol. The van der Waals surface area contributed by atoms with E-state index in [1.165, 1.54) is 0 Å². The third-order valence-electron chi connectivity index (χ3n) is 2.43. The minimum absolute atomic E-state index is 0.483. The maximum Gasteiger partial charge on any atom is 0.0758 e. The van der Waals surface area contributed by atoms with Gasteiger partial charge in [0, 0.05) is 13.1 Å². The largest absolute Gasteiger partial charge is 0.393 e. The number of nitrogens with two attached hydrogens (primary N) is 1. The molecule has 0 aromatic rings. The zero-order valence-electron chi connectivity index (χ0n) is 8.12. The van der Waals surface area contributed by atoms with E-state index in [1.54, 1.807) is 0 Å². The fourth-order valence-electron chi connectivity index (χ4n) is 1.71. The van der Waals surface area contributed by atoms with Crippen molar-refractivity contribution in [3.63, 3.8) is 0 Å². The summed E-state index contributed by atoms with van der Waals surface area (Å²) in [5.41, 5.74) is 4.91. The first kappa shape index (κ1) is 10.9. The van der Waals surface area contributed by atoms with Gasteiger partial charge in [0.15, 0.2) is 0 Å². The second kappa shape index (κ2) is 4.35. The molecule has 1 unspecified atom stereocenters. The zero-order chi connectivity index (χ0) is 9.90. The normalized spacial score (nSPS) is 29.4. The van der Waals surface area contributed by atoms with Gasteiger partial charge in [-0.25, -0.2) is 0 Å². The smallest absolute Gasteiger partial charge is 0.0758 e. The van der Waals surface area contributed by atoms with Crippen LogP contribution in [-0.2, 0) is 0 Å². The maximum absolute atomic E-state index is 9.68. The summed E-state index contributed by atoms with van der Waals surface area (Å²) in [5.74, 6) is 0. The van der Waals surface area contributed by atoms with E-state index in [4.69, 9.17) is 18.0 Å². The van der Waals surface area contributed by atoms with Crippen LogP contribution in [0.2, 0.25) is 0 Å². The molecule has 0 aromatic carbocycles. The predicted molar refractivity (Wildman–Crippen MR) is 57.7 cm³/mol. The van der Waals surface area contributed by atoms with Crippen molar-refractivity contribution in [1.82, 2.24) is 4.90 Å². The van der Waals surface area contributed by atoms with Gasteiger partial charge in [0.2, 0.25) is 0 Å². The highest BCUT2D eigenvalue weighted by Gasteiger charge is 2.30. The topological polar surface area (TPSA) is 49.5 Å². The van der Waals surface area contributed by atoms with E-state index < -0.39 is 5.60 Å². The highest BCUT2D eigenvalue weighted by atomic mass is 32.1. The molecule has 0 aromatic heterocycles. The van der Waals surface area contributed by atoms with Crippen molar-refractivity contribution < 1.29 is 5.11 Å². The minimum Gasteiger partial charge on any atom is -0.393 e. The summed E-state index contributed by atoms with van der Waals surface area (Å²) in [6, 6.07) is 0. The molecule has 1 aliphatic rings. The first-order valence-electron chi connectivity index (χ1n) is 4.73. The molecule has 0 aliphatic carbocycles. The van der Waals surface area contributed by atoms with Crippen molar-refractivity contribution in [3.8, 4) is 0 Å². The Hall–Kier alpha value is -0.190. The second-order valence-corrected chi connectivity index (χ2v) is 4.62. The van der Waals surface area contributed by atoms with Gasteiger partial charge in [0.25, 0.3) is 0 Å². The third-order valence-corrected chi connectivity index (χ3v) is 2.63. The van der Waals surface area contributed by atoms with Gasteiger partial charge in [0.05, 0.1) is 10.6 Å². The van der Waals surface area contributed by atoms with Crippen LogP contribution in [0.15, 0.2) is 0 Å².